The average Bonchev–Trinajstić information content (AvgIpc) is 2.72. The van der Waals surface area contributed by atoms with E-state index in [2.05, 4.69) is 10.1 Å². The molecule has 94 valence electrons. The lowest BCUT2D eigenvalue weighted by Gasteiger charge is -2.03. The third-order valence-corrected chi connectivity index (χ3v) is 2.61. The highest BCUT2D eigenvalue weighted by Crippen LogP contribution is 2.20. The van der Waals surface area contributed by atoms with E-state index in [-0.39, 0.29) is 5.82 Å². The zero-order valence-electron chi connectivity index (χ0n) is 10.7. The first-order valence-electron chi connectivity index (χ1n) is 5.77. The fraction of sp³-hybridized carbons (Fsp3) is 0.308. The molecule has 0 fully saturated rings. The molecular formula is C13H15N3O2. The van der Waals surface area contributed by atoms with Gasteiger partial charge in [-0.25, -0.2) is 14.5 Å². The van der Waals surface area contributed by atoms with Crippen molar-refractivity contribution in [3.8, 4) is 11.4 Å². The number of esters is 1. The minimum atomic E-state index is -0.493. The molecule has 0 saturated carbocycles. The van der Waals surface area contributed by atoms with Crippen LogP contribution in [0.1, 0.15) is 23.1 Å². The largest absolute Gasteiger partial charge is 0.460 e. The molecule has 0 bridgehead atoms. The van der Waals surface area contributed by atoms with Crippen molar-refractivity contribution in [3.63, 3.8) is 0 Å². The van der Waals surface area contributed by atoms with Gasteiger partial charge in [-0.15, -0.1) is 5.10 Å². The average molecular weight is 245 g/mol. The van der Waals surface area contributed by atoms with E-state index in [9.17, 15) is 4.79 Å². The van der Waals surface area contributed by atoms with Crippen LogP contribution in [-0.4, -0.2) is 27.3 Å². The van der Waals surface area contributed by atoms with Gasteiger partial charge in [-0.2, -0.15) is 0 Å². The van der Waals surface area contributed by atoms with E-state index in [0.717, 1.165) is 11.1 Å². The number of nitrogens with zero attached hydrogens (tertiary/aromatic N) is 3. The Morgan fingerprint density at radius 2 is 2.11 bits per heavy atom. The quantitative estimate of drug-likeness (QED) is 0.776. The number of rotatable bonds is 3. The van der Waals surface area contributed by atoms with Crippen LogP contribution >= 0.6 is 0 Å². The molecule has 0 aliphatic rings. The van der Waals surface area contributed by atoms with Crippen LogP contribution in [0.25, 0.3) is 11.4 Å². The molecule has 5 nitrogen and oxygen atoms in total. The van der Waals surface area contributed by atoms with Crippen molar-refractivity contribution in [1.29, 1.82) is 0 Å². The molecule has 0 aliphatic carbocycles. The second-order valence-electron chi connectivity index (χ2n) is 3.92. The van der Waals surface area contributed by atoms with Crippen molar-refractivity contribution < 1.29 is 9.53 Å². The smallest absolute Gasteiger partial charge is 0.378 e. The summed E-state index contributed by atoms with van der Waals surface area (Å²) in [7, 11) is 1.76. The first-order valence-corrected chi connectivity index (χ1v) is 5.77. The number of carbonyl (C=O) groups is 1. The Labute approximate surface area is 105 Å². The molecule has 18 heavy (non-hydrogen) atoms. The Balaban J connectivity index is 2.42. The maximum absolute atomic E-state index is 11.6. The van der Waals surface area contributed by atoms with Crippen molar-refractivity contribution in [3.05, 3.63) is 35.7 Å². The van der Waals surface area contributed by atoms with Crippen molar-refractivity contribution in [2.75, 3.05) is 6.61 Å². The van der Waals surface area contributed by atoms with Crippen LogP contribution in [0.5, 0.6) is 0 Å². The van der Waals surface area contributed by atoms with Crippen LogP contribution in [0, 0.1) is 6.92 Å². The Morgan fingerprint density at radius 1 is 1.39 bits per heavy atom. The highest BCUT2D eigenvalue weighted by atomic mass is 16.5. The number of aryl methyl sites for hydroxylation is 2. The molecule has 1 aromatic heterocycles. The van der Waals surface area contributed by atoms with Gasteiger partial charge in [0.15, 0.2) is 5.82 Å². The first kappa shape index (κ1) is 12.3. The molecule has 0 aliphatic heterocycles. The number of benzene rings is 1. The third-order valence-electron chi connectivity index (χ3n) is 2.61. The molecule has 1 aromatic carbocycles. The molecule has 0 amide bonds. The van der Waals surface area contributed by atoms with Gasteiger partial charge < -0.3 is 4.74 Å². The Hall–Kier alpha value is -2.17. The number of hydrogen-bond donors (Lipinski definition) is 0. The van der Waals surface area contributed by atoms with Crippen LogP contribution in [0.2, 0.25) is 0 Å². The summed E-state index contributed by atoms with van der Waals surface area (Å²) in [4.78, 5) is 15.8. The zero-order valence-corrected chi connectivity index (χ0v) is 10.7. The van der Waals surface area contributed by atoms with Gasteiger partial charge in [0.05, 0.1) is 6.61 Å². The van der Waals surface area contributed by atoms with Crippen molar-refractivity contribution in [2.24, 2.45) is 7.05 Å². The van der Waals surface area contributed by atoms with Gasteiger partial charge in [0, 0.05) is 12.6 Å². The number of hydrogen-bond acceptors (Lipinski definition) is 4. The van der Waals surface area contributed by atoms with Crippen LogP contribution in [0.4, 0.5) is 0 Å². The third kappa shape index (κ3) is 2.25. The second-order valence-corrected chi connectivity index (χ2v) is 3.92. The lowest BCUT2D eigenvalue weighted by molar-refractivity contribution is 0.0512. The van der Waals surface area contributed by atoms with Gasteiger partial charge in [-0.05, 0) is 19.4 Å². The minimum absolute atomic E-state index is 0.0950. The number of aromatic nitrogens is 3. The van der Waals surface area contributed by atoms with E-state index in [4.69, 9.17) is 4.74 Å². The van der Waals surface area contributed by atoms with Gasteiger partial charge >= 0.3 is 5.97 Å². The second kappa shape index (κ2) is 5.00. The molecule has 0 N–H and O–H groups in total. The maximum atomic E-state index is 11.6. The summed E-state index contributed by atoms with van der Waals surface area (Å²) >= 11 is 0. The van der Waals surface area contributed by atoms with E-state index in [1.54, 1.807) is 18.7 Å². The molecule has 0 spiro atoms. The van der Waals surface area contributed by atoms with Gasteiger partial charge in [0.2, 0.25) is 0 Å². The van der Waals surface area contributed by atoms with E-state index in [1.807, 2.05) is 31.2 Å². The van der Waals surface area contributed by atoms with E-state index in [0.29, 0.717) is 12.4 Å². The summed E-state index contributed by atoms with van der Waals surface area (Å²) in [5, 5.41) is 4.08. The summed E-state index contributed by atoms with van der Waals surface area (Å²) in [5.41, 5.74) is 2.05. The molecule has 0 radical (unpaired) electrons. The monoisotopic (exact) mass is 245 g/mol. The van der Waals surface area contributed by atoms with Crippen LogP contribution < -0.4 is 0 Å². The first-order chi connectivity index (χ1) is 8.63. The van der Waals surface area contributed by atoms with E-state index < -0.39 is 5.97 Å². The molecule has 2 aromatic rings. The number of ether oxygens (including phenoxy) is 1. The van der Waals surface area contributed by atoms with Crippen molar-refractivity contribution in [1.82, 2.24) is 14.8 Å². The Morgan fingerprint density at radius 3 is 2.78 bits per heavy atom. The minimum Gasteiger partial charge on any atom is -0.460 e. The molecule has 2 rings (SSSR count). The number of carbonyl (C=O) groups excluding carboxylic acids is 1. The molecule has 0 saturated heterocycles. The molecule has 1 heterocycles. The fourth-order valence-corrected chi connectivity index (χ4v) is 1.72. The summed E-state index contributed by atoms with van der Waals surface area (Å²) in [6.07, 6.45) is 0. The Bertz CT molecular complexity index is 575. The lowest BCUT2D eigenvalue weighted by atomic mass is 10.1. The maximum Gasteiger partial charge on any atom is 0.378 e. The lowest BCUT2D eigenvalue weighted by Crippen LogP contribution is -2.07. The normalized spacial score (nSPS) is 10.4. The summed E-state index contributed by atoms with van der Waals surface area (Å²) in [5.74, 6) is 0.265. The van der Waals surface area contributed by atoms with Crippen LogP contribution in [0.15, 0.2) is 24.3 Å². The van der Waals surface area contributed by atoms with E-state index in [1.165, 1.54) is 0 Å². The van der Waals surface area contributed by atoms with E-state index >= 15 is 0 Å². The van der Waals surface area contributed by atoms with Gasteiger partial charge in [-0.3, -0.25) is 0 Å². The Kier molecular flexibility index (Phi) is 3.41. The predicted molar refractivity (Wildman–Crippen MR) is 67.1 cm³/mol. The summed E-state index contributed by atoms with van der Waals surface area (Å²) in [6, 6.07) is 7.84. The molecule has 0 unspecified atom stereocenters. The topological polar surface area (TPSA) is 57.0 Å². The molecule has 5 heteroatoms. The fourth-order valence-electron chi connectivity index (χ4n) is 1.72. The van der Waals surface area contributed by atoms with Crippen LogP contribution in [-0.2, 0) is 11.8 Å². The molecular weight excluding hydrogens is 230 g/mol. The van der Waals surface area contributed by atoms with Gasteiger partial charge in [0.1, 0.15) is 0 Å². The van der Waals surface area contributed by atoms with Crippen molar-refractivity contribution in [2.45, 2.75) is 13.8 Å². The highest BCUT2D eigenvalue weighted by molar-refractivity contribution is 5.85. The zero-order chi connectivity index (χ0) is 13.1. The highest BCUT2D eigenvalue weighted by Gasteiger charge is 2.17. The van der Waals surface area contributed by atoms with Crippen molar-refractivity contribution >= 4 is 5.97 Å². The predicted octanol–water partition coefficient (Wildman–Crippen LogP) is 1.97. The van der Waals surface area contributed by atoms with Gasteiger partial charge in [-0.1, -0.05) is 24.3 Å². The summed E-state index contributed by atoms with van der Waals surface area (Å²) in [6.45, 7) is 4.06. The SMILES string of the molecule is CCOC(=O)c1nc(-c2ccccc2C)n(C)n1. The summed E-state index contributed by atoms with van der Waals surface area (Å²) < 4.78 is 6.48. The molecule has 0 atom stereocenters. The van der Waals surface area contributed by atoms with Crippen LogP contribution in [0.3, 0.4) is 0 Å². The standard InChI is InChI=1S/C13H15N3O2/c1-4-18-13(17)11-14-12(16(3)15-11)10-8-6-5-7-9(10)2/h5-8H,4H2,1-3H3. The van der Waals surface area contributed by atoms with Gasteiger partial charge in [0.25, 0.3) is 5.82 Å².